The maximum atomic E-state index is 12.7. The van der Waals surface area contributed by atoms with Gasteiger partial charge in [-0.2, -0.15) is 13.2 Å². The number of rotatable bonds is 5. The zero-order valence-corrected chi connectivity index (χ0v) is 21.4. The van der Waals surface area contributed by atoms with E-state index >= 15 is 0 Å². The number of piperidine rings is 1. The molecule has 1 aromatic heterocycles. The summed E-state index contributed by atoms with van der Waals surface area (Å²) in [5.41, 5.74) is -1.39. The second kappa shape index (κ2) is 12.1. The Bertz CT molecular complexity index is 729. The number of carbonyl (C=O) groups is 1. The maximum Gasteiger partial charge on any atom is 0.434 e. The van der Waals surface area contributed by atoms with Gasteiger partial charge in [0.1, 0.15) is 10.6 Å². The third kappa shape index (κ3) is 9.79. The maximum absolute atomic E-state index is 12.7. The van der Waals surface area contributed by atoms with Gasteiger partial charge in [-0.1, -0.05) is 0 Å². The molecule has 2 rings (SSSR count). The average Bonchev–Trinajstić information content (AvgIpc) is 3.12. The molecule has 1 aliphatic heterocycles. The van der Waals surface area contributed by atoms with Gasteiger partial charge in [-0.15, -0.1) is 35.3 Å². The third-order valence-electron chi connectivity index (χ3n) is 4.38. The quantitative estimate of drug-likeness (QED) is 0.307. The van der Waals surface area contributed by atoms with Crippen LogP contribution in [0.3, 0.4) is 0 Å². The first-order valence-corrected chi connectivity index (χ1v) is 10.9. The summed E-state index contributed by atoms with van der Waals surface area (Å²) in [4.78, 5) is 21.8. The number of nitrogens with zero attached hydrogens (tertiary/aromatic N) is 3. The Hall–Kier alpha value is -1.31. The van der Waals surface area contributed by atoms with Crippen molar-refractivity contribution in [2.24, 2.45) is 10.9 Å². The summed E-state index contributed by atoms with van der Waals surface area (Å²) in [7, 11) is 0. The Morgan fingerprint density at radius 1 is 1.29 bits per heavy atom. The number of amides is 1. The molecule has 2 N–H and O–H groups in total. The Morgan fingerprint density at radius 3 is 2.45 bits per heavy atom. The number of thiazole rings is 1. The lowest BCUT2D eigenvalue weighted by molar-refractivity contribution is -0.140. The predicted octanol–water partition coefficient (Wildman–Crippen LogP) is 4.48. The van der Waals surface area contributed by atoms with Crippen molar-refractivity contribution in [1.29, 1.82) is 0 Å². The van der Waals surface area contributed by atoms with Gasteiger partial charge in [0.15, 0.2) is 11.7 Å². The molecule has 178 valence electrons. The molecule has 0 aliphatic carbocycles. The van der Waals surface area contributed by atoms with E-state index in [2.05, 4.69) is 20.6 Å². The fraction of sp³-hybridized carbons (Fsp3) is 0.737. The summed E-state index contributed by atoms with van der Waals surface area (Å²) in [6.45, 7) is 10.1. The Morgan fingerprint density at radius 2 is 1.94 bits per heavy atom. The number of alkyl halides is 3. The van der Waals surface area contributed by atoms with Crippen LogP contribution in [0, 0.1) is 5.92 Å². The third-order valence-corrected chi connectivity index (χ3v) is 5.22. The smallest absolute Gasteiger partial charge is 0.434 e. The van der Waals surface area contributed by atoms with Crippen LogP contribution < -0.4 is 10.6 Å². The minimum Gasteiger partial charge on any atom is -0.444 e. The molecule has 0 radical (unpaired) electrons. The molecule has 31 heavy (non-hydrogen) atoms. The number of aliphatic imine (C=N–C) groups is 1. The number of hydrogen-bond acceptors (Lipinski definition) is 5. The minimum atomic E-state index is -4.44. The molecule has 12 heteroatoms. The number of nitrogens with one attached hydrogen (secondary N) is 2. The van der Waals surface area contributed by atoms with Crippen molar-refractivity contribution >= 4 is 47.4 Å². The fourth-order valence-corrected chi connectivity index (χ4v) is 3.61. The summed E-state index contributed by atoms with van der Waals surface area (Å²) >= 11 is 0.946. The van der Waals surface area contributed by atoms with Crippen LogP contribution in [0.25, 0.3) is 0 Å². The second-order valence-electron chi connectivity index (χ2n) is 8.11. The second-order valence-corrected chi connectivity index (χ2v) is 9.05. The molecule has 0 spiro atoms. The van der Waals surface area contributed by atoms with Gasteiger partial charge in [0.2, 0.25) is 0 Å². The van der Waals surface area contributed by atoms with Gasteiger partial charge < -0.3 is 20.3 Å². The molecular weight excluding hydrogens is 546 g/mol. The van der Waals surface area contributed by atoms with E-state index in [1.165, 1.54) is 0 Å². The van der Waals surface area contributed by atoms with Crippen molar-refractivity contribution in [3.63, 3.8) is 0 Å². The largest absolute Gasteiger partial charge is 0.444 e. The van der Waals surface area contributed by atoms with Crippen molar-refractivity contribution in [2.75, 3.05) is 26.2 Å². The topological polar surface area (TPSA) is 78.9 Å². The molecule has 1 saturated heterocycles. The monoisotopic (exact) mass is 577 g/mol. The molecule has 0 aromatic carbocycles. The molecule has 1 fully saturated rings. The van der Waals surface area contributed by atoms with Gasteiger partial charge >= 0.3 is 12.3 Å². The van der Waals surface area contributed by atoms with E-state index in [1.54, 1.807) is 4.90 Å². The van der Waals surface area contributed by atoms with Crippen molar-refractivity contribution in [3.8, 4) is 0 Å². The first-order valence-electron chi connectivity index (χ1n) is 9.99. The summed E-state index contributed by atoms with van der Waals surface area (Å²) in [6, 6.07) is 0. The standard InChI is InChI=1S/C19H30F3N5O2S.HI/c1-5-23-16(25-11-15-26-14(12-30-15)19(20,21)22)24-10-13-6-8-27(9-7-13)17(28)29-18(2,3)4;/h12-13H,5-11H2,1-4H3,(H2,23,24,25);1H. The Balaban J connectivity index is 0.00000480. The van der Waals surface area contributed by atoms with E-state index in [0.717, 1.165) is 29.6 Å². The van der Waals surface area contributed by atoms with E-state index in [0.29, 0.717) is 43.1 Å². The number of ether oxygens (including phenoxy) is 1. The number of carbonyl (C=O) groups excluding carboxylic acids is 1. The molecule has 7 nitrogen and oxygen atoms in total. The van der Waals surface area contributed by atoms with Crippen LogP contribution in [0.5, 0.6) is 0 Å². The van der Waals surface area contributed by atoms with Gasteiger partial charge in [0.05, 0.1) is 6.54 Å². The number of guanidine groups is 1. The lowest BCUT2D eigenvalue weighted by atomic mass is 9.97. The van der Waals surface area contributed by atoms with E-state index in [-0.39, 0.29) is 36.6 Å². The number of aromatic nitrogens is 1. The first kappa shape index (κ1) is 27.7. The molecule has 1 aliphatic rings. The number of likely N-dealkylation sites (tertiary alicyclic amines) is 1. The zero-order chi connectivity index (χ0) is 22.4. The summed E-state index contributed by atoms with van der Waals surface area (Å²) in [6.07, 6.45) is -3.04. The predicted molar refractivity (Wildman–Crippen MR) is 126 cm³/mol. The highest BCUT2D eigenvalue weighted by Crippen LogP contribution is 2.30. The Labute approximate surface area is 202 Å². The molecular formula is C19H31F3IN5O2S. The molecule has 2 heterocycles. The zero-order valence-electron chi connectivity index (χ0n) is 18.2. The van der Waals surface area contributed by atoms with Crippen LogP contribution >= 0.6 is 35.3 Å². The van der Waals surface area contributed by atoms with Crippen LogP contribution in [-0.4, -0.2) is 53.7 Å². The van der Waals surface area contributed by atoms with Crippen LogP contribution in [0.2, 0.25) is 0 Å². The van der Waals surface area contributed by atoms with Gasteiger partial charge in [-0.25, -0.2) is 14.8 Å². The van der Waals surface area contributed by atoms with Crippen molar-refractivity contribution < 1.29 is 22.7 Å². The molecule has 0 bridgehead atoms. The van der Waals surface area contributed by atoms with E-state index in [4.69, 9.17) is 4.74 Å². The van der Waals surface area contributed by atoms with Gasteiger partial charge in [-0.3, -0.25) is 0 Å². The van der Waals surface area contributed by atoms with E-state index in [1.807, 2.05) is 27.7 Å². The highest BCUT2D eigenvalue weighted by Gasteiger charge is 2.33. The van der Waals surface area contributed by atoms with Crippen LogP contribution in [-0.2, 0) is 17.5 Å². The van der Waals surface area contributed by atoms with Crippen LogP contribution in [0.1, 0.15) is 51.2 Å². The first-order chi connectivity index (χ1) is 14.0. The number of halogens is 4. The summed E-state index contributed by atoms with van der Waals surface area (Å²) in [5, 5.41) is 7.64. The lowest BCUT2D eigenvalue weighted by Crippen LogP contribution is -2.45. The summed E-state index contributed by atoms with van der Waals surface area (Å²) < 4.78 is 43.4. The van der Waals surface area contributed by atoms with E-state index in [9.17, 15) is 18.0 Å². The van der Waals surface area contributed by atoms with Crippen LogP contribution in [0.15, 0.2) is 10.4 Å². The van der Waals surface area contributed by atoms with Crippen molar-refractivity contribution in [3.05, 3.63) is 16.1 Å². The van der Waals surface area contributed by atoms with Crippen molar-refractivity contribution in [2.45, 2.75) is 58.9 Å². The van der Waals surface area contributed by atoms with Gasteiger partial charge in [-0.05, 0) is 46.5 Å². The molecule has 1 aromatic rings. The normalized spacial score (nSPS) is 16.0. The molecule has 1 amide bonds. The van der Waals surface area contributed by atoms with Gasteiger partial charge in [0, 0.05) is 31.6 Å². The highest BCUT2D eigenvalue weighted by molar-refractivity contribution is 14.0. The van der Waals surface area contributed by atoms with E-state index < -0.39 is 17.5 Å². The summed E-state index contributed by atoms with van der Waals surface area (Å²) in [5.74, 6) is 0.903. The van der Waals surface area contributed by atoms with Gasteiger partial charge in [0.25, 0.3) is 0 Å². The van der Waals surface area contributed by atoms with Crippen LogP contribution in [0.4, 0.5) is 18.0 Å². The Kier molecular flexibility index (Phi) is 10.8. The average molecular weight is 577 g/mol. The highest BCUT2D eigenvalue weighted by atomic mass is 127. The fourth-order valence-electron chi connectivity index (χ4n) is 2.89. The molecule has 0 saturated carbocycles. The minimum absolute atomic E-state index is 0. The molecule has 0 unspecified atom stereocenters. The lowest BCUT2D eigenvalue weighted by Gasteiger charge is -2.33. The number of hydrogen-bond donors (Lipinski definition) is 2. The van der Waals surface area contributed by atoms with Crippen molar-refractivity contribution in [1.82, 2.24) is 20.5 Å². The SMILES string of the molecule is CCNC(=NCc1nc(C(F)(F)F)cs1)NCC1CCN(C(=O)OC(C)(C)C)CC1.I. The molecule has 0 atom stereocenters.